The second kappa shape index (κ2) is 12.6. The van der Waals surface area contributed by atoms with Crippen LogP contribution in [0.3, 0.4) is 0 Å². The van der Waals surface area contributed by atoms with E-state index in [0.29, 0.717) is 5.82 Å². The molecule has 0 bridgehead atoms. The van der Waals surface area contributed by atoms with Gasteiger partial charge < -0.3 is 4.42 Å². The van der Waals surface area contributed by atoms with E-state index < -0.39 is 0 Å². The molecule has 2 aromatic heterocycles. The fourth-order valence-electron chi connectivity index (χ4n) is 8.33. The maximum Gasteiger partial charge on any atom is 0.160 e. The molecule has 0 saturated carbocycles. The highest BCUT2D eigenvalue weighted by Crippen LogP contribution is 2.42. The lowest BCUT2D eigenvalue weighted by Crippen LogP contribution is -1.97. The van der Waals surface area contributed by atoms with Crippen LogP contribution in [0.25, 0.3) is 110 Å². The van der Waals surface area contributed by atoms with Gasteiger partial charge in [0.25, 0.3) is 0 Å². The Hall–Kier alpha value is -7.36. The maximum atomic E-state index is 6.30. The summed E-state index contributed by atoms with van der Waals surface area (Å²) in [6.45, 7) is 0. The fraction of sp³-hybridized carbons (Fsp3) is 0. The molecule has 0 atom stereocenters. The normalized spacial score (nSPS) is 11.6. The zero-order chi connectivity index (χ0) is 36.3. The van der Waals surface area contributed by atoms with Crippen LogP contribution < -0.4 is 0 Å². The third-order valence-corrected chi connectivity index (χ3v) is 10.9. The van der Waals surface area contributed by atoms with Gasteiger partial charge in [-0.3, -0.25) is 0 Å². The van der Waals surface area contributed by atoms with Crippen LogP contribution in [0.1, 0.15) is 0 Å². The van der Waals surface area contributed by atoms with E-state index in [1.54, 1.807) is 0 Å². The lowest BCUT2D eigenvalue weighted by Gasteiger charge is -2.15. The lowest BCUT2D eigenvalue weighted by molar-refractivity contribution is 0.669. The summed E-state index contributed by atoms with van der Waals surface area (Å²) in [6.07, 6.45) is 0. The Morgan fingerprint density at radius 1 is 0.327 bits per heavy atom. The molecule has 11 rings (SSSR count). The molecular weight excluding hydrogens is 669 g/mol. The average Bonchev–Trinajstić information content (AvgIpc) is 3.65. The highest BCUT2D eigenvalue weighted by Gasteiger charge is 2.19. The Morgan fingerprint density at radius 3 is 1.82 bits per heavy atom. The summed E-state index contributed by atoms with van der Waals surface area (Å²) in [5, 5.41) is 9.71. The van der Waals surface area contributed by atoms with Crippen molar-refractivity contribution in [2.24, 2.45) is 0 Å². The maximum absolute atomic E-state index is 6.30. The molecule has 0 N–H and O–H groups in total. The molecule has 3 nitrogen and oxygen atoms in total. The van der Waals surface area contributed by atoms with Crippen molar-refractivity contribution in [2.45, 2.75) is 0 Å². The van der Waals surface area contributed by atoms with Crippen LogP contribution >= 0.6 is 0 Å². The molecule has 9 aromatic carbocycles. The van der Waals surface area contributed by atoms with Crippen molar-refractivity contribution in [3.63, 3.8) is 0 Å². The molecule has 0 unspecified atom stereocenters. The van der Waals surface area contributed by atoms with Gasteiger partial charge in [-0.05, 0) is 78.8 Å². The molecule has 0 aliphatic heterocycles. The number of furan rings is 1. The number of para-hydroxylation sites is 1. The number of fused-ring (bicyclic) bond motifs is 7. The largest absolute Gasteiger partial charge is 0.456 e. The molecule has 0 amide bonds. The number of benzene rings is 9. The van der Waals surface area contributed by atoms with Gasteiger partial charge in [-0.2, -0.15) is 0 Å². The van der Waals surface area contributed by atoms with Crippen molar-refractivity contribution in [3.8, 4) is 56.2 Å². The number of hydrogen-bond acceptors (Lipinski definition) is 3. The molecule has 55 heavy (non-hydrogen) atoms. The first-order chi connectivity index (χ1) is 27.3. The van der Waals surface area contributed by atoms with E-state index in [1.165, 1.54) is 43.4 Å². The second-order valence-electron chi connectivity index (χ2n) is 14.1. The standard InChI is InChI=1S/C52H32N2O/c1-2-14-36(15-3-1)52-53-46(32-47(54-52)41-20-9-8-19-40(41)42-22-12-24-49-51(42)44-21-10-11-23-48(44)55-49)34-25-27-35(28-26-34)50-39-18-7-5-16-37(39)31-45-38-17-6-4-13-33(38)29-30-43(45)50/h1-32H. The summed E-state index contributed by atoms with van der Waals surface area (Å²) in [4.78, 5) is 10.4. The molecule has 3 heteroatoms. The third-order valence-electron chi connectivity index (χ3n) is 10.9. The number of nitrogens with zero attached hydrogens (tertiary/aromatic N) is 2. The molecule has 0 radical (unpaired) electrons. The van der Waals surface area contributed by atoms with Gasteiger partial charge in [0, 0.05) is 27.5 Å². The van der Waals surface area contributed by atoms with E-state index in [9.17, 15) is 0 Å². The predicted octanol–water partition coefficient (Wildman–Crippen LogP) is 14.2. The number of hydrogen-bond donors (Lipinski definition) is 0. The summed E-state index contributed by atoms with van der Waals surface area (Å²) < 4.78 is 6.30. The van der Waals surface area contributed by atoms with Crippen LogP contribution in [0.4, 0.5) is 0 Å². The van der Waals surface area contributed by atoms with E-state index in [1.807, 2.05) is 36.4 Å². The van der Waals surface area contributed by atoms with E-state index >= 15 is 0 Å². The Balaban J connectivity index is 1.09. The molecule has 11 aromatic rings. The molecule has 2 heterocycles. The Morgan fingerprint density at radius 2 is 0.964 bits per heavy atom. The Labute approximate surface area is 317 Å². The van der Waals surface area contributed by atoms with Crippen LogP contribution in [-0.2, 0) is 0 Å². The van der Waals surface area contributed by atoms with E-state index in [4.69, 9.17) is 14.4 Å². The van der Waals surface area contributed by atoms with Crippen molar-refractivity contribution in [1.82, 2.24) is 9.97 Å². The van der Waals surface area contributed by atoms with Gasteiger partial charge in [0.1, 0.15) is 11.2 Å². The molecule has 0 fully saturated rings. The van der Waals surface area contributed by atoms with Gasteiger partial charge in [0.2, 0.25) is 0 Å². The van der Waals surface area contributed by atoms with Gasteiger partial charge >= 0.3 is 0 Å². The topological polar surface area (TPSA) is 38.9 Å². The van der Waals surface area contributed by atoms with Crippen LogP contribution in [-0.4, -0.2) is 9.97 Å². The van der Waals surface area contributed by atoms with Gasteiger partial charge in [0.15, 0.2) is 5.82 Å². The summed E-state index contributed by atoms with van der Waals surface area (Å²) in [5.41, 5.74) is 11.1. The zero-order valence-corrected chi connectivity index (χ0v) is 29.8. The van der Waals surface area contributed by atoms with Gasteiger partial charge in [-0.1, -0.05) is 170 Å². The van der Waals surface area contributed by atoms with Crippen molar-refractivity contribution in [3.05, 3.63) is 194 Å². The number of rotatable bonds is 5. The van der Waals surface area contributed by atoms with Crippen molar-refractivity contribution in [1.29, 1.82) is 0 Å². The second-order valence-corrected chi connectivity index (χ2v) is 14.1. The summed E-state index contributed by atoms with van der Waals surface area (Å²) in [7, 11) is 0. The average molecular weight is 701 g/mol. The highest BCUT2D eigenvalue weighted by molar-refractivity contribution is 6.20. The quantitative estimate of drug-likeness (QED) is 0.133. The van der Waals surface area contributed by atoms with Gasteiger partial charge in [-0.25, -0.2) is 9.97 Å². The fourth-order valence-corrected chi connectivity index (χ4v) is 8.33. The summed E-state index contributed by atoms with van der Waals surface area (Å²) in [6, 6.07) is 68.6. The van der Waals surface area contributed by atoms with Gasteiger partial charge in [-0.15, -0.1) is 0 Å². The summed E-state index contributed by atoms with van der Waals surface area (Å²) >= 11 is 0. The first-order valence-electron chi connectivity index (χ1n) is 18.7. The number of aromatic nitrogens is 2. The van der Waals surface area contributed by atoms with Crippen molar-refractivity contribution >= 4 is 54.3 Å². The SMILES string of the molecule is c1ccc(-c2nc(-c3ccc(-c4c5ccccc5cc5c4ccc4ccccc45)cc3)cc(-c3ccccc3-c3cccc4oc5ccccc5c34)n2)cc1. The minimum atomic E-state index is 0.686. The van der Waals surface area contributed by atoms with Crippen LogP contribution in [0, 0.1) is 0 Å². The molecule has 0 saturated heterocycles. The van der Waals surface area contributed by atoms with Crippen LogP contribution in [0.15, 0.2) is 199 Å². The van der Waals surface area contributed by atoms with Crippen molar-refractivity contribution in [2.75, 3.05) is 0 Å². The first kappa shape index (κ1) is 31.2. The minimum Gasteiger partial charge on any atom is -0.456 e. The predicted molar refractivity (Wildman–Crippen MR) is 229 cm³/mol. The molecule has 0 aliphatic carbocycles. The lowest BCUT2D eigenvalue weighted by atomic mass is 9.89. The van der Waals surface area contributed by atoms with Crippen LogP contribution in [0.2, 0.25) is 0 Å². The van der Waals surface area contributed by atoms with Crippen molar-refractivity contribution < 1.29 is 4.42 Å². The molecule has 256 valence electrons. The van der Waals surface area contributed by atoms with Gasteiger partial charge in [0.05, 0.1) is 11.4 Å². The smallest absolute Gasteiger partial charge is 0.160 e. The molecular formula is C52H32N2O. The molecule has 0 spiro atoms. The zero-order valence-electron chi connectivity index (χ0n) is 29.8. The molecule has 0 aliphatic rings. The summed E-state index contributed by atoms with van der Waals surface area (Å²) in [5.74, 6) is 0.686. The van der Waals surface area contributed by atoms with E-state index in [0.717, 1.165) is 61.1 Å². The Kier molecular flexibility index (Phi) is 7.17. The Bertz CT molecular complexity index is 3250. The van der Waals surface area contributed by atoms with E-state index in [-0.39, 0.29) is 0 Å². The third kappa shape index (κ3) is 5.20. The first-order valence-corrected chi connectivity index (χ1v) is 18.7. The van der Waals surface area contributed by atoms with E-state index in [2.05, 4.69) is 158 Å². The monoisotopic (exact) mass is 700 g/mol. The minimum absolute atomic E-state index is 0.686. The highest BCUT2D eigenvalue weighted by atomic mass is 16.3. The van der Waals surface area contributed by atoms with Crippen LogP contribution in [0.5, 0.6) is 0 Å².